The quantitative estimate of drug-likeness (QED) is 0.716. The van der Waals surface area contributed by atoms with E-state index in [0.717, 1.165) is 0 Å². The molecule has 2 heterocycles. The molecule has 0 saturated carbocycles. The van der Waals surface area contributed by atoms with Crippen molar-refractivity contribution in [3.8, 4) is 0 Å². The van der Waals surface area contributed by atoms with Crippen molar-refractivity contribution < 1.29 is 24.0 Å². The lowest BCUT2D eigenvalue weighted by molar-refractivity contribution is -0.133. The summed E-state index contributed by atoms with van der Waals surface area (Å²) < 4.78 is 0. The summed E-state index contributed by atoms with van der Waals surface area (Å²) in [6.07, 6.45) is 1.73. The van der Waals surface area contributed by atoms with Crippen LogP contribution in [0.3, 0.4) is 0 Å². The standard InChI is InChI=1S/C22H27N3O5/c1-13(2)25-21(29)17-6-5-15(12-18(17)22(25)30)20(28)23-16-8-10-24(11-9-16)19(27)7-4-14(3)26/h5-6,12-13,16H,4,7-11H2,1-3H3,(H,23,28). The molecule has 0 spiro atoms. The zero-order valence-electron chi connectivity index (χ0n) is 17.6. The minimum atomic E-state index is -0.378. The van der Waals surface area contributed by atoms with Crippen molar-refractivity contribution >= 4 is 29.4 Å². The van der Waals surface area contributed by atoms with Gasteiger partial charge in [-0.25, -0.2) is 0 Å². The van der Waals surface area contributed by atoms with Crippen LogP contribution in [0, 0.1) is 0 Å². The average Bonchev–Trinajstić information content (AvgIpc) is 2.96. The number of Topliss-reactive ketones (excluding diaryl/α,β-unsaturated/α-hetero) is 1. The van der Waals surface area contributed by atoms with E-state index in [9.17, 15) is 24.0 Å². The van der Waals surface area contributed by atoms with E-state index in [4.69, 9.17) is 0 Å². The first-order valence-electron chi connectivity index (χ1n) is 10.3. The van der Waals surface area contributed by atoms with Gasteiger partial charge in [-0.1, -0.05) is 0 Å². The smallest absolute Gasteiger partial charge is 0.261 e. The highest BCUT2D eigenvalue weighted by atomic mass is 16.2. The van der Waals surface area contributed by atoms with E-state index in [1.807, 2.05) is 0 Å². The largest absolute Gasteiger partial charge is 0.349 e. The molecule has 0 radical (unpaired) electrons. The van der Waals surface area contributed by atoms with Gasteiger partial charge in [0.15, 0.2) is 0 Å². The zero-order chi connectivity index (χ0) is 22.0. The third kappa shape index (κ3) is 4.42. The summed E-state index contributed by atoms with van der Waals surface area (Å²) in [7, 11) is 0. The van der Waals surface area contributed by atoms with Crippen molar-refractivity contribution in [3.05, 3.63) is 34.9 Å². The van der Waals surface area contributed by atoms with Gasteiger partial charge in [0.05, 0.1) is 11.1 Å². The number of rotatable bonds is 6. The molecule has 1 N–H and O–H groups in total. The molecule has 8 nitrogen and oxygen atoms in total. The number of hydrogen-bond acceptors (Lipinski definition) is 5. The SMILES string of the molecule is CC(=O)CCC(=O)N1CCC(NC(=O)c2ccc3c(c2)C(=O)N(C(C)C)C3=O)CC1. The first kappa shape index (κ1) is 21.7. The topological polar surface area (TPSA) is 104 Å². The first-order chi connectivity index (χ1) is 14.2. The molecule has 0 bridgehead atoms. The van der Waals surface area contributed by atoms with Crippen LogP contribution < -0.4 is 5.32 Å². The van der Waals surface area contributed by atoms with Crippen LogP contribution in [0.5, 0.6) is 0 Å². The lowest BCUT2D eigenvalue weighted by Crippen LogP contribution is -2.46. The zero-order valence-corrected chi connectivity index (χ0v) is 17.6. The van der Waals surface area contributed by atoms with Crippen molar-refractivity contribution in [2.75, 3.05) is 13.1 Å². The number of hydrogen-bond donors (Lipinski definition) is 1. The summed E-state index contributed by atoms with van der Waals surface area (Å²) in [6, 6.07) is 4.24. The highest BCUT2D eigenvalue weighted by Gasteiger charge is 2.37. The molecule has 1 aromatic carbocycles. The van der Waals surface area contributed by atoms with E-state index in [1.54, 1.807) is 24.8 Å². The Balaban J connectivity index is 1.58. The minimum Gasteiger partial charge on any atom is -0.349 e. The van der Waals surface area contributed by atoms with Crippen molar-refractivity contribution in [1.29, 1.82) is 0 Å². The van der Waals surface area contributed by atoms with Crippen LogP contribution in [0.1, 0.15) is 77.5 Å². The molecule has 3 rings (SSSR count). The number of carbonyl (C=O) groups is 5. The lowest BCUT2D eigenvalue weighted by Gasteiger charge is -2.32. The van der Waals surface area contributed by atoms with Gasteiger partial charge in [0.2, 0.25) is 5.91 Å². The normalized spacial score (nSPS) is 16.8. The predicted octanol–water partition coefficient (Wildman–Crippen LogP) is 1.78. The lowest BCUT2D eigenvalue weighted by atomic mass is 10.0. The summed E-state index contributed by atoms with van der Waals surface area (Å²) >= 11 is 0. The molecule has 0 aliphatic carbocycles. The van der Waals surface area contributed by atoms with Gasteiger partial charge >= 0.3 is 0 Å². The first-order valence-corrected chi connectivity index (χ1v) is 10.3. The summed E-state index contributed by atoms with van der Waals surface area (Å²) in [5.74, 6) is -1.05. The third-order valence-corrected chi connectivity index (χ3v) is 5.57. The van der Waals surface area contributed by atoms with Crippen LogP contribution in [0.25, 0.3) is 0 Å². The van der Waals surface area contributed by atoms with Crippen molar-refractivity contribution in [3.63, 3.8) is 0 Å². The molecular formula is C22H27N3O5. The molecule has 0 unspecified atom stereocenters. The maximum Gasteiger partial charge on any atom is 0.261 e. The fraction of sp³-hybridized carbons (Fsp3) is 0.500. The molecule has 1 fully saturated rings. The highest BCUT2D eigenvalue weighted by Crippen LogP contribution is 2.26. The Morgan fingerprint density at radius 2 is 1.67 bits per heavy atom. The number of nitrogens with zero attached hydrogens (tertiary/aromatic N) is 2. The van der Waals surface area contributed by atoms with Gasteiger partial charge in [0.25, 0.3) is 17.7 Å². The van der Waals surface area contributed by atoms with E-state index in [-0.39, 0.29) is 59.9 Å². The Hall–Kier alpha value is -3.03. The van der Waals surface area contributed by atoms with Gasteiger partial charge in [0, 0.05) is 43.6 Å². The van der Waals surface area contributed by atoms with Crippen LogP contribution in [0.15, 0.2) is 18.2 Å². The number of ketones is 1. The molecule has 1 aromatic rings. The van der Waals surface area contributed by atoms with Gasteiger partial charge in [0.1, 0.15) is 5.78 Å². The van der Waals surface area contributed by atoms with Crippen molar-refractivity contribution in [2.45, 2.75) is 58.5 Å². The molecule has 0 atom stereocenters. The maximum atomic E-state index is 12.7. The molecule has 160 valence electrons. The molecule has 2 aliphatic rings. The monoisotopic (exact) mass is 413 g/mol. The van der Waals surface area contributed by atoms with Gasteiger partial charge in [-0.3, -0.25) is 24.1 Å². The number of benzene rings is 1. The Morgan fingerprint density at radius 1 is 1.03 bits per heavy atom. The van der Waals surface area contributed by atoms with E-state index in [0.29, 0.717) is 37.1 Å². The van der Waals surface area contributed by atoms with Crippen LogP contribution >= 0.6 is 0 Å². The summed E-state index contributed by atoms with van der Waals surface area (Å²) in [4.78, 5) is 63.6. The number of amides is 4. The van der Waals surface area contributed by atoms with E-state index >= 15 is 0 Å². The number of imide groups is 1. The molecule has 2 aliphatic heterocycles. The second-order valence-electron chi connectivity index (χ2n) is 8.16. The van der Waals surface area contributed by atoms with Crippen molar-refractivity contribution in [2.24, 2.45) is 0 Å². The summed E-state index contributed by atoms with van der Waals surface area (Å²) in [6.45, 7) is 6.07. The average molecular weight is 413 g/mol. The molecule has 8 heteroatoms. The molecular weight excluding hydrogens is 386 g/mol. The second-order valence-corrected chi connectivity index (χ2v) is 8.16. The fourth-order valence-corrected chi connectivity index (χ4v) is 3.85. The minimum absolute atomic E-state index is 0.00320. The van der Waals surface area contributed by atoms with Crippen LogP contribution in [-0.2, 0) is 9.59 Å². The van der Waals surface area contributed by atoms with Gasteiger partial charge in [-0.15, -0.1) is 0 Å². The Kier molecular flexibility index (Phi) is 6.34. The molecule has 30 heavy (non-hydrogen) atoms. The van der Waals surface area contributed by atoms with Crippen LogP contribution in [0.4, 0.5) is 0 Å². The van der Waals surface area contributed by atoms with Crippen LogP contribution in [0.2, 0.25) is 0 Å². The number of piperidine rings is 1. The van der Waals surface area contributed by atoms with E-state index in [1.165, 1.54) is 24.0 Å². The molecule has 4 amide bonds. The fourth-order valence-electron chi connectivity index (χ4n) is 3.85. The predicted molar refractivity (Wildman–Crippen MR) is 109 cm³/mol. The van der Waals surface area contributed by atoms with Crippen molar-refractivity contribution in [1.82, 2.24) is 15.1 Å². The van der Waals surface area contributed by atoms with Crippen LogP contribution in [-0.4, -0.2) is 64.4 Å². The van der Waals surface area contributed by atoms with E-state index < -0.39 is 0 Å². The summed E-state index contributed by atoms with van der Waals surface area (Å²) in [5, 5.41) is 2.96. The Morgan fingerprint density at radius 3 is 2.27 bits per heavy atom. The molecule has 0 aromatic heterocycles. The number of nitrogens with one attached hydrogen (secondary N) is 1. The number of fused-ring (bicyclic) bond motifs is 1. The molecule has 1 saturated heterocycles. The number of likely N-dealkylation sites (tertiary alicyclic amines) is 1. The van der Waals surface area contributed by atoms with Gasteiger partial charge in [-0.05, 0) is 51.8 Å². The Bertz CT molecular complexity index is 900. The second kappa shape index (κ2) is 8.77. The summed E-state index contributed by atoms with van der Waals surface area (Å²) in [5.41, 5.74) is 0.912. The van der Waals surface area contributed by atoms with Gasteiger partial charge < -0.3 is 15.0 Å². The highest BCUT2D eigenvalue weighted by molar-refractivity contribution is 6.22. The Labute approximate surface area is 175 Å². The van der Waals surface area contributed by atoms with Gasteiger partial charge in [-0.2, -0.15) is 0 Å². The van der Waals surface area contributed by atoms with E-state index in [2.05, 4.69) is 5.32 Å². The third-order valence-electron chi connectivity index (χ3n) is 5.57. The maximum absolute atomic E-state index is 12.7. The number of carbonyl (C=O) groups excluding carboxylic acids is 5.